The number of hydrogen-bond acceptors (Lipinski definition) is 2. The van der Waals surface area contributed by atoms with E-state index in [4.69, 9.17) is 0 Å². The third-order valence-corrected chi connectivity index (χ3v) is 4.23. The summed E-state index contributed by atoms with van der Waals surface area (Å²) in [4.78, 5) is 27.8. The molecule has 1 saturated heterocycles. The average molecular weight is 268 g/mol. The Morgan fingerprint density at radius 2 is 1.79 bits per heavy atom. The zero-order valence-corrected chi connectivity index (χ0v) is 13.0. The maximum absolute atomic E-state index is 12.5. The number of hydrogen-bond donors (Lipinski definition) is 0. The third-order valence-electron chi connectivity index (χ3n) is 4.23. The number of rotatable bonds is 5. The molecular formula is C15H28N2O2. The van der Waals surface area contributed by atoms with Gasteiger partial charge in [-0.25, -0.2) is 0 Å². The van der Waals surface area contributed by atoms with E-state index in [9.17, 15) is 9.59 Å². The van der Waals surface area contributed by atoms with Crippen molar-refractivity contribution in [2.24, 2.45) is 5.41 Å². The van der Waals surface area contributed by atoms with E-state index in [1.54, 1.807) is 11.8 Å². The van der Waals surface area contributed by atoms with Gasteiger partial charge in [-0.1, -0.05) is 20.8 Å². The quantitative estimate of drug-likeness (QED) is 0.767. The minimum absolute atomic E-state index is 0.0660. The normalized spacial score (nSPS) is 17.4. The fraction of sp³-hybridized carbons (Fsp3) is 0.867. The molecule has 0 saturated carbocycles. The van der Waals surface area contributed by atoms with Gasteiger partial charge in [-0.3, -0.25) is 9.59 Å². The summed E-state index contributed by atoms with van der Waals surface area (Å²) >= 11 is 0. The summed E-state index contributed by atoms with van der Waals surface area (Å²) in [6.45, 7) is 9.44. The maximum Gasteiger partial charge on any atom is 0.228 e. The largest absolute Gasteiger partial charge is 0.343 e. The van der Waals surface area contributed by atoms with Gasteiger partial charge in [0.1, 0.15) is 0 Å². The van der Waals surface area contributed by atoms with Gasteiger partial charge in [-0.15, -0.1) is 0 Å². The molecule has 19 heavy (non-hydrogen) atoms. The fourth-order valence-corrected chi connectivity index (χ4v) is 2.84. The Morgan fingerprint density at radius 3 is 2.21 bits per heavy atom. The second-order valence-corrected chi connectivity index (χ2v) is 6.28. The molecule has 4 nitrogen and oxygen atoms in total. The molecule has 0 radical (unpaired) electrons. The van der Waals surface area contributed by atoms with Crippen molar-refractivity contribution in [1.82, 2.24) is 9.80 Å². The highest BCUT2D eigenvalue weighted by molar-refractivity contribution is 5.82. The lowest BCUT2D eigenvalue weighted by Gasteiger charge is -2.35. The predicted molar refractivity (Wildman–Crippen MR) is 76.7 cm³/mol. The molecule has 110 valence electrons. The number of likely N-dealkylation sites (tertiary alicyclic amines) is 1. The van der Waals surface area contributed by atoms with Crippen molar-refractivity contribution in [3.05, 3.63) is 0 Å². The van der Waals surface area contributed by atoms with Gasteiger partial charge in [0, 0.05) is 38.5 Å². The SMILES string of the molecule is CCC(CC(C)(C)C(=O)N1CCCC1)N(C)C(C)=O. The molecule has 1 rings (SSSR count). The molecule has 0 aliphatic carbocycles. The van der Waals surface area contributed by atoms with Crippen molar-refractivity contribution in [3.8, 4) is 0 Å². The van der Waals surface area contributed by atoms with Crippen LogP contribution in [0.2, 0.25) is 0 Å². The zero-order valence-electron chi connectivity index (χ0n) is 13.0. The summed E-state index contributed by atoms with van der Waals surface area (Å²) in [5.41, 5.74) is -0.394. The highest BCUT2D eigenvalue weighted by atomic mass is 16.2. The van der Waals surface area contributed by atoms with Crippen molar-refractivity contribution < 1.29 is 9.59 Å². The molecule has 1 fully saturated rings. The molecule has 1 heterocycles. The van der Waals surface area contributed by atoms with Crippen LogP contribution >= 0.6 is 0 Å². The number of amides is 2. The lowest BCUT2D eigenvalue weighted by molar-refractivity contribution is -0.142. The lowest BCUT2D eigenvalue weighted by atomic mass is 9.83. The van der Waals surface area contributed by atoms with Crippen molar-refractivity contribution in [3.63, 3.8) is 0 Å². The molecule has 1 atom stereocenters. The van der Waals surface area contributed by atoms with Gasteiger partial charge in [-0.2, -0.15) is 0 Å². The van der Waals surface area contributed by atoms with Crippen LogP contribution in [0.3, 0.4) is 0 Å². The summed E-state index contributed by atoms with van der Waals surface area (Å²) in [6, 6.07) is 0.138. The van der Waals surface area contributed by atoms with Crippen LogP contribution in [-0.2, 0) is 9.59 Å². The average Bonchev–Trinajstić information content (AvgIpc) is 2.87. The van der Waals surface area contributed by atoms with E-state index in [-0.39, 0.29) is 17.9 Å². The highest BCUT2D eigenvalue weighted by Crippen LogP contribution is 2.29. The first-order valence-corrected chi connectivity index (χ1v) is 7.32. The van der Waals surface area contributed by atoms with Crippen LogP contribution in [0, 0.1) is 5.41 Å². The first-order chi connectivity index (χ1) is 8.79. The van der Waals surface area contributed by atoms with E-state index >= 15 is 0 Å². The van der Waals surface area contributed by atoms with Crippen LogP contribution in [0.15, 0.2) is 0 Å². The Morgan fingerprint density at radius 1 is 1.26 bits per heavy atom. The molecular weight excluding hydrogens is 240 g/mol. The maximum atomic E-state index is 12.5. The molecule has 2 amide bonds. The van der Waals surface area contributed by atoms with Crippen LogP contribution in [0.25, 0.3) is 0 Å². The molecule has 0 bridgehead atoms. The second kappa shape index (κ2) is 6.40. The molecule has 0 spiro atoms. The summed E-state index contributed by atoms with van der Waals surface area (Å²) in [6.07, 6.45) is 3.85. The van der Waals surface area contributed by atoms with Crippen LogP contribution in [0.4, 0.5) is 0 Å². The van der Waals surface area contributed by atoms with Crippen LogP contribution in [0.1, 0.15) is 53.4 Å². The standard InChI is InChI=1S/C15H28N2O2/c1-6-13(16(5)12(2)18)11-15(3,4)14(19)17-9-7-8-10-17/h13H,6-11H2,1-5H3. The Balaban J connectivity index is 2.70. The minimum atomic E-state index is -0.394. The van der Waals surface area contributed by atoms with Crippen LogP contribution in [0.5, 0.6) is 0 Å². The van der Waals surface area contributed by atoms with Gasteiger partial charge in [0.05, 0.1) is 0 Å². The summed E-state index contributed by atoms with van der Waals surface area (Å²) in [5.74, 6) is 0.302. The van der Waals surface area contributed by atoms with E-state index in [2.05, 4.69) is 6.92 Å². The topological polar surface area (TPSA) is 40.6 Å². The summed E-state index contributed by atoms with van der Waals surface area (Å²) in [7, 11) is 1.83. The van der Waals surface area contributed by atoms with Crippen molar-refractivity contribution in [1.29, 1.82) is 0 Å². The molecule has 0 aromatic rings. The van der Waals surface area contributed by atoms with Crippen molar-refractivity contribution in [2.45, 2.75) is 59.4 Å². The molecule has 4 heteroatoms. The molecule has 1 aliphatic rings. The van der Waals surface area contributed by atoms with Gasteiger partial charge in [0.2, 0.25) is 11.8 Å². The summed E-state index contributed by atoms with van der Waals surface area (Å²) in [5, 5.41) is 0. The van der Waals surface area contributed by atoms with Crippen molar-refractivity contribution >= 4 is 11.8 Å². The molecule has 0 N–H and O–H groups in total. The number of nitrogens with zero attached hydrogens (tertiary/aromatic N) is 2. The second-order valence-electron chi connectivity index (χ2n) is 6.28. The monoisotopic (exact) mass is 268 g/mol. The van der Waals surface area contributed by atoms with Gasteiger partial charge < -0.3 is 9.80 Å². The zero-order chi connectivity index (χ0) is 14.6. The predicted octanol–water partition coefficient (Wildman–Crippen LogP) is 2.28. The first-order valence-electron chi connectivity index (χ1n) is 7.32. The molecule has 1 aliphatic heterocycles. The summed E-state index contributed by atoms with van der Waals surface area (Å²) < 4.78 is 0. The highest BCUT2D eigenvalue weighted by Gasteiger charge is 2.36. The fourth-order valence-electron chi connectivity index (χ4n) is 2.84. The van der Waals surface area contributed by atoms with Gasteiger partial charge in [0.25, 0.3) is 0 Å². The molecule has 1 unspecified atom stereocenters. The van der Waals surface area contributed by atoms with E-state index in [1.807, 2.05) is 25.8 Å². The van der Waals surface area contributed by atoms with E-state index < -0.39 is 5.41 Å². The van der Waals surface area contributed by atoms with E-state index in [1.165, 1.54) is 0 Å². The van der Waals surface area contributed by atoms with Gasteiger partial charge in [0.15, 0.2) is 0 Å². The Kier molecular flexibility index (Phi) is 5.39. The molecule has 0 aromatic carbocycles. The van der Waals surface area contributed by atoms with Crippen LogP contribution in [-0.4, -0.2) is 47.8 Å². The Labute approximate surface area is 117 Å². The van der Waals surface area contributed by atoms with Gasteiger partial charge in [-0.05, 0) is 25.7 Å². The third kappa shape index (κ3) is 3.95. The van der Waals surface area contributed by atoms with Gasteiger partial charge >= 0.3 is 0 Å². The van der Waals surface area contributed by atoms with Crippen molar-refractivity contribution in [2.75, 3.05) is 20.1 Å². The Bertz CT molecular complexity index is 333. The van der Waals surface area contributed by atoms with Crippen LogP contribution < -0.4 is 0 Å². The number of carbonyl (C=O) groups excluding carboxylic acids is 2. The first kappa shape index (κ1) is 16.0. The smallest absolute Gasteiger partial charge is 0.228 e. The minimum Gasteiger partial charge on any atom is -0.343 e. The lowest BCUT2D eigenvalue weighted by Crippen LogP contribution is -2.45. The number of carbonyl (C=O) groups is 2. The van der Waals surface area contributed by atoms with E-state index in [0.29, 0.717) is 0 Å². The Hall–Kier alpha value is -1.06. The molecule has 0 aromatic heterocycles. The van der Waals surface area contributed by atoms with E-state index in [0.717, 1.165) is 38.8 Å².